The van der Waals surface area contributed by atoms with Crippen molar-refractivity contribution in [3.05, 3.63) is 12.2 Å². The molecule has 0 aromatic carbocycles. The van der Waals surface area contributed by atoms with Gasteiger partial charge in [0.15, 0.2) is 5.60 Å². The topological polar surface area (TPSA) is 93.1 Å². The predicted octanol–water partition coefficient (Wildman–Crippen LogP) is 0.409. The number of rotatable bonds is 3. The van der Waals surface area contributed by atoms with Gasteiger partial charge in [0, 0.05) is 13.0 Å². The summed E-state index contributed by atoms with van der Waals surface area (Å²) in [6.45, 7) is 1.55. The summed E-state index contributed by atoms with van der Waals surface area (Å²) in [6.07, 6.45) is 4.99. The first-order chi connectivity index (χ1) is 11.3. The molecule has 3 rings (SSSR count). The highest BCUT2D eigenvalue weighted by molar-refractivity contribution is 6.00. The van der Waals surface area contributed by atoms with Crippen LogP contribution in [0.15, 0.2) is 12.2 Å². The lowest BCUT2D eigenvalue weighted by molar-refractivity contribution is -0.192. The standard InChI is InChI=1S/C17H23NO6/c1-16-11(9-12(19)24-16)14(21)18(2)17(16,15(22)23-3)13(20)10-7-5-4-6-8-10/h5,7,10-11,13,20H,4,6,8-9H2,1-3H3/t10-,11+,13+,16+,17+/m1/s1. The Bertz CT molecular complexity index is 616. The summed E-state index contributed by atoms with van der Waals surface area (Å²) in [5.41, 5.74) is -3.20. The number of ether oxygens (including phenoxy) is 2. The Labute approximate surface area is 140 Å². The third-order valence-corrected chi connectivity index (χ3v) is 5.90. The number of aliphatic hydroxyl groups is 1. The average Bonchev–Trinajstić information content (AvgIpc) is 2.96. The number of fused-ring (bicyclic) bond motifs is 1. The molecule has 0 saturated carbocycles. The molecule has 2 heterocycles. The van der Waals surface area contributed by atoms with Gasteiger partial charge in [0.25, 0.3) is 0 Å². The van der Waals surface area contributed by atoms with Crippen molar-refractivity contribution in [1.29, 1.82) is 0 Å². The van der Waals surface area contributed by atoms with Gasteiger partial charge < -0.3 is 19.5 Å². The molecule has 0 spiro atoms. The fraction of sp³-hybridized carbons (Fsp3) is 0.706. The molecule has 1 aliphatic carbocycles. The number of carbonyl (C=O) groups is 3. The summed E-state index contributed by atoms with van der Waals surface area (Å²) in [5.74, 6) is -2.79. The Hall–Kier alpha value is -1.89. The van der Waals surface area contributed by atoms with Crippen LogP contribution in [0.3, 0.4) is 0 Å². The van der Waals surface area contributed by atoms with Crippen molar-refractivity contribution in [2.24, 2.45) is 11.8 Å². The molecule has 1 amide bonds. The van der Waals surface area contributed by atoms with Crippen molar-refractivity contribution >= 4 is 17.8 Å². The van der Waals surface area contributed by atoms with Crippen LogP contribution in [0, 0.1) is 11.8 Å². The molecule has 132 valence electrons. The number of esters is 2. The Morgan fingerprint density at radius 2 is 2.21 bits per heavy atom. The van der Waals surface area contributed by atoms with Crippen molar-refractivity contribution in [2.45, 2.75) is 49.9 Å². The van der Waals surface area contributed by atoms with Gasteiger partial charge in [-0.2, -0.15) is 0 Å². The zero-order chi connectivity index (χ0) is 17.7. The van der Waals surface area contributed by atoms with Crippen LogP contribution >= 0.6 is 0 Å². The highest BCUT2D eigenvalue weighted by Crippen LogP contribution is 2.54. The summed E-state index contributed by atoms with van der Waals surface area (Å²) in [4.78, 5) is 38.7. The Kier molecular flexibility index (Phi) is 3.94. The molecular formula is C17H23NO6. The van der Waals surface area contributed by atoms with Crippen molar-refractivity contribution in [2.75, 3.05) is 14.2 Å². The van der Waals surface area contributed by atoms with Gasteiger partial charge >= 0.3 is 11.9 Å². The first kappa shape index (κ1) is 17.0. The van der Waals surface area contributed by atoms with E-state index in [4.69, 9.17) is 9.47 Å². The second-order valence-corrected chi connectivity index (χ2v) is 6.96. The second kappa shape index (κ2) is 5.58. The maximum atomic E-state index is 12.8. The lowest BCUT2D eigenvalue weighted by Gasteiger charge is -2.47. The van der Waals surface area contributed by atoms with Crippen LogP contribution in [0.2, 0.25) is 0 Å². The molecule has 2 fully saturated rings. The van der Waals surface area contributed by atoms with Crippen LogP contribution in [-0.4, -0.2) is 59.3 Å². The normalized spacial score (nSPS) is 39.6. The molecule has 5 atom stereocenters. The molecular weight excluding hydrogens is 314 g/mol. The van der Waals surface area contributed by atoms with Gasteiger partial charge in [-0.1, -0.05) is 12.2 Å². The van der Waals surface area contributed by atoms with Crippen molar-refractivity contribution in [3.8, 4) is 0 Å². The van der Waals surface area contributed by atoms with E-state index < -0.39 is 35.1 Å². The van der Waals surface area contributed by atoms with Crippen molar-refractivity contribution in [3.63, 3.8) is 0 Å². The Morgan fingerprint density at radius 1 is 1.50 bits per heavy atom. The highest BCUT2D eigenvalue weighted by Gasteiger charge is 2.77. The molecule has 0 aromatic rings. The number of amides is 1. The van der Waals surface area contributed by atoms with Crippen LogP contribution in [0.1, 0.15) is 32.6 Å². The Balaban J connectivity index is 2.16. The third-order valence-electron chi connectivity index (χ3n) is 5.90. The van der Waals surface area contributed by atoms with E-state index in [-0.39, 0.29) is 18.2 Å². The van der Waals surface area contributed by atoms with Crippen LogP contribution in [0.25, 0.3) is 0 Å². The number of likely N-dealkylation sites (N-methyl/N-ethyl adjacent to an activating group) is 1. The molecule has 1 N–H and O–H groups in total. The van der Waals surface area contributed by atoms with E-state index in [1.807, 2.05) is 12.2 Å². The van der Waals surface area contributed by atoms with Crippen LogP contribution < -0.4 is 0 Å². The summed E-state index contributed by atoms with van der Waals surface area (Å²) >= 11 is 0. The number of aliphatic hydroxyl groups excluding tert-OH is 1. The molecule has 0 unspecified atom stereocenters. The number of methoxy groups -OCH3 is 1. The smallest absolute Gasteiger partial charge is 0.338 e. The minimum absolute atomic E-state index is 0.0916. The van der Waals surface area contributed by atoms with E-state index in [1.165, 1.54) is 19.1 Å². The molecule has 0 aromatic heterocycles. The number of likely N-dealkylation sites (tertiary alicyclic amines) is 1. The predicted molar refractivity (Wildman–Crippen MR) is 82.6 cm³/mol. The third kappa shape index (κ3) is 1.90. The summed E-state index contributed by atoms with van der Waals surface area (Å²) in [6, 6.07) is 0. The maximum Gasteiger partial charge on any atom is 0.338 e. The molecule has 3 aliphatic rings. The molecule has 24 heavy (non-hydrogen) atoms. The van der Waals surface area contributed by atoms with Crippen LogP contribution in [-0.2, 0) is 23.9 Å². The first-order valence-corrected chi connectivity index (χ1v) is 8.23. The number of allylic oxidation sites excluding steroid dienone is 1. The molecule has 0 radical (unpaired) electrons. The van der Waals surface area contributed by atoms with E-state index in [0.29, 0.717) is 6.42 Å². The zero-order valence-electron chi connectivity index (χ0n) is 14.2. The number of nitrogens with zero attached hydrogens (tertiary/aromatic N) is 1. The number of hydrogen-bond acceptors (Lipinski definition) is 6. The molecule has 7 heteroatoms. The average molecular weight is 337 g/mol. The highest BCUT2D eigenvalue weighted by atomic mass is 16.6. The lowest BCUT2D eigenvalue weighted by Crippen LogP contribution is -2.70. The quantitative estimate of drug-likeness (QED) is 0.592. The summed E-state index contributed by atoms with van der Waals surface area (Å²) in [7, 11) is 2.67. The van der Waals surface area contributed by atoms with E-state index in [2.05, 4.69) is 0 Å². The van der Waals surface area contributed by atoms with Gasteiger partial charge in [-0.15, -0.1) is 0 Å². The first-order valence-electron chi connectivity index (χ1n) is 8.23. The fourth-order valence-electron chi connectivity index (χ4n) is 4.64. The largest absolute Gasteiger partial charge is 0.467 e. The van der Waals surface area contributed by atoms with Gasteiger partial charge in [-0.25, -0.2) is 4.79 Å². The van der Waals surface area contributed by atoms with E-state index >= 15 is 0 Å². The summed E-state index contributed by atoms with van der Waals surface area (Å²) < 4.78 is 10.4. The second-order valence-electron chi connectivity index (χ2n) is 6.96. The van der Waals surface area contributed by atoms with Gasteiger partial charge in [-0.05, 0) is 26.2 Å². The van der Waals surface area contributed by atoms with E-state index in [0.717, 1.165) is 12.8 Å². The van der Waals surface area contributed by atoms with Gasteiger partial charge in [0.05, 0.1) is 25.6 Å². The fourth-order valence-corrected chi connectivity index (χ4v) is 4.64. The van der Waals surface area contributed by atoms with Gasteiger partial charge in [0.2, 0.25) is 11.4 Å². The molecule has 2 aliphatic heterocycles. The van der Waals surface area contributed by atoms with E-state index in [9.17, 15) is 19.5 Å². The minimum atomic E-state index is -1.75. The van der Waals surface area contributed by atoms with Gasteiger partial charge in [0.1, 0.15) is 0 Å². The number of carbonyl (C=O) groups excluding carboxylic acids is 3. The van der Waals surface area contributed by atoms with Crippen LogP contribution in [0.5, 0.6) is 0 Å². The minimum Gasteiger partial charge on any atom is -0.467 e. The molecule has 0 bridgehead atoms. The zero-order valence-corrected chi connectivity index (χ0v) is 14.2. The lowest BCUT2D eigenvalue weighted by atomic mass is 9.68. The van der Waals surface area contributed by atoms with Crippen LogP contribution in [0.4, 0.5) is 0 Å². The maximum absolute atomic E-state index is 12.8. The Morgan fingerprint density at radius 3 is 2.79 bits per heavy atom. The number of hydrogen-bond donors (Lipinski definition) is 1. The molecule has 7 nitrogen and oxygen atoms in total. The monoisotopic (exact) mass is 337 g/mol. The summed E-state index contributed by atoms with van der Waals surface area (Å²) in [5, 5.41) is 11.2. The molecule has 2 saturated heterocycles. The van der Waals surface area contributed by atoms with Crippen molar-refractivity contribution < 1.29 is 29.0 Å². The SMILES string of the molecule is COC(=O)[C@]1([C@@H](O)[C@@H]2C=CCCC2)N(C)C(=O)[C@@H]2CC(=O)O[C@@]21C. The van der Waals surface area contributed by atoms with E-state index in [1.54, 1.807) is 6.92 Å². The van der Waals surface area contributed by atoms with Gasteiger partial charge in [-0.3, -0.25) is 9.59 Å². The van der Waals surface area contributed by atoms with Crippen molar-refractivity contribution in [1.82, 2.24) is 4.90 Å².